The van der Waals surface area contributed by atoms with Crippen LogP contribution in [0.15, 0.2) is 47.2 Å². The van der Waals surface area contributed by atoms with Crippen molar-refractivity contribution in [2.24, 2.45) is 11.8 Å². The molecule has 1 aliphatic heterocycles. The summed E-state index contributed by atoms with van der Waals surface area (Å²) < 4.78 is 0. The predicted molar refractivity (Wildman–Crippen MR) is 123 cm³/mol. The maximum atomic E-state index is 12.9. The molecule has 1 aromatic heterocycles. The van der Waals surface area contributed by atoms with Crippen molar-refractivity contribution >= 4 is 40.7 Å². The van der Waals surface area contributed by atoms with Gasteiger partial charge in [0.05, 0.1) is 24.9 Å². The molecule has 0 bridgehead atoms. The molecule has 0 aliphatic carbocycles. The van der Waals surface area contributed by atoms with E-state index < -0.39 is 41.5 Å². The summed E-state index contributed by atoms with van der Waals surface area (Å²) in [6, 6.07) is 9.49. The molecule has 0 saturated carbocycles. The van der Waals surface area contributed by atoms with Crippen LogP contribution in [0.2, 0.25) is 0 Å². The van der Waals surface area contributed by atoms with Crippen LogP contribution < -0.4 is 16.0 Å². The number of amides is 4. The van der Waals surface area contributed by atoms with Gasteiger partial charge in [-0.25, -0.2) is 0 Å². The first kappa shape index (κ1) is 24.3. The van der Waals surface area contributed by atoms with Crippen molar-refractivity contribution in [1.29, 1.82) is 0 Å². The third-order valence-electron chi connectivity index (χ3n) is 5.47. The number of benzene rings is 1. The number of Topliss-reactive ketones (excluding diaryl/α,β-unsaturated/α-hetero) is 1. The highest BCUT2D eigenvalue weighted by Crippen LogP contribution is 2.20. The number of nitrogens with one attached hydrogen (secondary N) is 3. The Hall–Kier alpha value is -3.33. The molecule has 174 valence electrons. The van der Waals surface area contributed by atoms with Gasteiger partial charge < -0.3 is 10.6 Å². The van der Waals surface area contributed by atoms with Crippen LogP contribution in [0.5, 0.6) is 0 Å². The van der Waals surface area contributed by atoms with Crippen molar-refractivity contribution < 1.29 is 24.0 Å². The summed E-state index contributed by atoms with van der Waals surface area (Å²) in [4.78, 5) is 61.8. The van der Waals surface area contributed by atoms with Crippen molar-refractivity contribution in [1.82, 2.24) is 16.0 Å². The summed E-state index contributed by atoms with van der Waals surface area (Å²) >= 11 is 1.50. The first-order valence-corrected chi connectivity index (χ1v) is 11.7. The predicted octanol–water partition coefficient (Wildman–Crippen LogP) is 1.91. The molecular weight excluding hydrogens is 442 g/mol. The standard InChI is InChI=1S/C24H27N3O5S/c1-14(2)22(23(31)17-11-20(29)27-24(17)32)26-21(30)12-18(16-6-4-3-5-7-16)25-19(28)10-15-8-9-33-13-15/h3-9,13-14,17-18,22H,10-12H2,1-2H3,(H,25,28)(H,26,30)(H,27,29,32)/t17?,18-,22+/m0/s1. The van der Waals surface area contributed by atoms with Crippen LogP contribution in [0.25, 0.3) is 0 Å². The zero-order valence-electron chi connectivity index (χ0n) is 18.5. The average Bonchev–Trinajstić information content (AvgIpc) is 3.40. The molecule has 8 nitrogen and oxygen atoms in total. The number of imide groups is 1. The number of hydrogen-bond acceptors (Lipinski definition) is 6. The lowest BCUT2D eigenvalue weighted by atomic mass is 9.89. The number of carbonyl (C=O) groups is 5. The fourth-order valence-electron chi connectivity index (χ4n) is 3.75. The molecule has 4 amide bonds. The third kappa shape index (κ3) is 6.58. The van der Waals surface area contributed by atoms with Gasteiger partial charge in [0.2, 0.25) is 23.6 Å². The Morgan fingerprint density at radius 2 is 1.79 bits per heavy atom. The maximum Gasteiger partial charge on any atom is 0.237 e. The molecule has 1 saturated heterocycles. The normalized spacial score (nSPS) is 17.4. The highest BCUT2D eigenvalue weighted by molar-refractivity contribution is 7.08. The van der Waals surface area contributed by atoms with Crippen molar-refractivity contribution in [3.63, 3.8) is 0 Å². The molecule has 0 radical (unpaired) electrons. The van der Waals surface area contributed by atoms with E-state index in [1.807, 2.05) is 47.2 Å². The van der Waals surface area contributed by atoms with E-state index in [-0.39, 0.29) is 31.1 Å². The zero-order chi connectivity index (χ0) is 24.0. The Morgan fingerprint density at radius 3 is 2.36 bits per heavy atom. The van der Waals surface area contributed by atoms with Crippen molar-refractivity contribution in [3.8, 4) is 0 Å². The van der Waals surface area contributed by atoms with Crippen LogP contribution in [0, 0.1) is 11.8 Å². The SMILES string of the molecule is CC(C)[C@@H](NC(=O)C[C@H](NC(=O)Cc1ccsc1)c1ccccc1)C(=O)C1CC(=O)NC1=O. The molecule has 2 aromatic rings. The number of hydrogen-bond donors (Lipinski definition) is 3. The van der Waals surface area contributed by atoms with Crippen LogP contribution in [-0.2, 0) is 30.4 Å². The second-order valence-electron chi connectivity index (χ2n) is 8.40. The van der Waals surface area contributed by atoms with Crippen LogP contribution >= 0.6 is 11.3 Å². The minimum atomic E-state index is -1.10. The summed E-state index contributed by atoms with van der Waals surface area (Å²) in [6.07, 6.45) is -0.0832. The van der Waals surface area contributed by atoms with Gasteiger partial charge in [0.15, 0.2) is 5.78 Å². The largest absolute Gasteiger partial charge is 0.348 e. The highest BCUT2D eigenvalue weighted by atomic mass is 32.1. The quantitative estimate of drug-likeness (QED) is 0.363. The van der Waals surface area contributed by atoms with Gasteiger partial charge in [-0.1, -0.05) is 44.2 Å². The highest BCUT2D eigenvalue weighted by Gasteiger charge is 2.41. The fraction of sp³-hybridized carbons (Fsp3) is 0.375. The van der Waals surface area contributed by atoms with Crippen LogP contribution in [-0.4, -0.2) is 35.5 Å². The molecule has 1 fully saturated rings. The summed E-state index contributed by atoms with van der Waals surface area (Å²) in [6.45, 7) is 3.52. The number of rotatable bonds is 10. The van der Waals surface area contributed by atoms with Crippen LogP contribution in [0.4, 0.5) is 0 Å². The van der Waals surface area contributed by atoms with E-state index in [1.54, 1.807) is 13.8 Å². The van der Waals surface area contributed by atoms with Gasteiger partial charge in [0.25, 0.3) is 0 Å². The molecule has 0 spiro atoms. The van der Waals surface area contributed by atoms with Crippen LogP contribution in [0.1, 0.15) is 43.9 Å². The molecule has 3 N–H and O–H groups in total. The first-order valence-electron chi connectivity index (χ1n) is 10.8. The minimum absolute atomic E-state index is 0.0777. The van der Waals surface area contributed by atoms with Gasteiger partial charge in [-0.15, -0.1) is 0 Å². The Balaban J connectivity index is 1.69. The molecule has 1 aromatic carbocycles. The number of carbonyl (C=O) groups excluding carboxylic acids is 5. The molecule has 3 atom stereocenters. The number of thiophene rings is 1. The fourth-order valence-corrected chi connectivity index (χ4v) is 4.41. The second kappa shape index (κ2) is 11.0. The van der Waals surface area contributed by atoms with E-state index in [0.29, 0.717) is 0 Å². The first-order chi connectivity index (χ1) is 15.7. The summed E-state index contributed by atoms with van der Waals surface area (Å²) in [5.74, 6) is -3.64. The average molecular weight is 470 g/mol. The van der Waals surface area contributed by atoms with Crippen LogP contribution in [0.3, 0.4) is 0 Å². The van der Waals surface area contributed by atoms with Crippen molar-refractivity contribution in [2.75, 3.05) is 0 Å². The molecule has 2 heterocycles. The smallest absolute Gasteiger partial charge is 0.237 e. The van der Waals surface area contributed by atoms with E-state index >= 15 is 0 Å². The molecule has 1 aliphatic rings. The van der Waals surface area contributed by atoms with Gasteiger partial charge in [0.1, 0.15) is 5.92 Å². The Bertz CT molecular complexity index is 1020. The van der Waals surface area contributed by atoms with Gasteiger partial charge in [0, 0.05) is 6.42 Å². The van der Waals surface area contributed by atoms with E-state index in [0.717, 1.165) is 11.1 Å². The lowest BCUT2D eigenvalue weighted by molar-refractivity contribution is -0.136. The lowest BCUT2D eigenvalue weighted by Gasteiger charge is -2.25. The lowest BCUT2D eigenvalue weighted by Crippen LogP contribution is -2.49. The summed E-state index contributed by atoms with van der Waals surface area (Å²) in [5, 5.41) is 11.6. The molecule has 9 heteroatoms. The molecular formula is C24H27N3O5S. The van der Waals surface area contributed by atoms with Gasteiger partial charge >= 0.3 is 0 Å². The van der Waals surface area contributed by atoms with Gasteiger partial charge in [-0.3, -0.25) is 29.3 Å². The number of ketones is 1. The van der Waals surface area contributed by atoms with Gasteiger partial charge in [-0.2, -0.15) is 11.3 Å². The molecule has 33 heavy (non-hydrogen) atoms. The second-order valence-corrected chi connectivity index (χ2v) is 9.18. The van der Waals surface area contributed by atoms with Crippen molar-refractivity contribution in [3.05, 3.63) is 58.3 Å². The third-order valence-corrected chi connectivity index (χ3v) is 6.21. The Morgan fingerprint density at radius 1 is 1.06 bits per heavy atom. The topological polar surface area (TPSA) is 121 Å². The monoisotopic (exact) mass is 469 g/mol. The molecule has 1 unspecified atom stereocenters. The maximum absolute atomic E-state index is 12.9. The van der Waals surface area contributed by atoms with E-state index in [9.17, 15) is 24.0 Å². The minimum Gasteiger partial charge on any atom is -0.348 e. The summed E-state index contributed by atoms with van der Waals surface area (Å²) in [7, 11) is 0. The summed E-state index contributed by atoms with van der Waals surface area (Å²) in [5.41, 5.74) is 1.66. The molecule has 3 rings (SSSR count). The van der Waals surface area contributed by atoms with E-state index in [1.165, 1.54) is 11.3 Å². The van der Waals surface area contributed by atoms with Gasteiger partial charge in [-0.05, 0) is 33.9 Å². The zero-order valence-corrected chi connectivity index (χ0v) is 19.3. The Labute approximate surface area is 196 Å². The van der Waals surface area contributed by atoms with E-state index in [4.69, 9.17) is 0 Å². The van der Waals surface area contributed by atoms with E-state index in [2.05, 4.69) is 16.0 Å². The van der Waals surface area contributed by atoms with Crippen molar-refractivity contribution in [2.45, 2.75) is 45.2 Å². The Kier molecular flexibility index (Phi) is 8.11.